The number of carbonyl (C=O) groups excluding carboxylic acids is 1. The second-order valence-corrected chi connectivity index (χ2v) is 5.01. The SMILES string of the molecule is O=C(/C=C\c1cccc(Br)c1)NCc1ccccc1. The standard InChI is InChI=1S/C16H14BrNO/c17-15-8-4-7-13(11-15)9-10-16(19)18-12-14-5-2-1-3-6-14/h1-11H,12H2,(H,18,19)/b10-9-. The number of rotatable bonds is 4. The fourth-order valence-corrected chi connectivity index (χ4v) is 2.04. The van der Waals surface area contributed by atoms with Gasteiger partial charge in [0, 0.05) is 17.1 Å². The van der Waals surface area contributed by atoms with Gasteiger partial charge in [-0.2, -0.15) is 0 Å². The van der Waals surface area contributed by atoms with Crippen LogP contribution < -0.4 is 5.32 Å². The van der Waals surface area contributed by atoms with Gasteiger partial charge < -0.3 is 5.32 Å². The van der Waals surface area contributed by atoms with Gasteiger partial charge in [-0.05, 0) is 29.3 Å². The molecule has 0 aromatic heterocycles. The van der Waals surface area contributed by atoms with Gasteiger partial charge in [-0.3, -0.25) is 4.79 Å². The quantitative estimate of drug-likeness (QED) is 0.855. The lowest BCUT2D eigenvalue weighted by Crippen LogP contribution is -2.20. The van der Waals surface area contributed by atoms with Crippen molar-refractivity contribution in [3.63, 3.8) is 0 Å². The third kappa shape index (κ3) is 4.72. The van der Waals surface area contributed by atoms with Crippen LogP contribution in [0.4, 0.5) is 0 Å². The topological polar surface area (TPSA) is 29.1 Å². The van der Waals surface area contributed by atoms with E-state index >= 15 is 0 Å². The summed E-state index contributed by atoms with van der Waals surface area (Å²) in [5.74, 6) is -0.0937. The van der Waals surface area contributed by atoms with Gasteiger partial charge in [-0.15, -0.1) is 0 Å². The fraction of sp³-hybridized carbons (Fsp3) is 0.0625. The van der Waals surface area contributed by atoms with Crippen molar-refractivity contribution in [1.82, 2.24) is 5.32 Å². The van der Waals surface area contributed by atoms with E-state index < -0.39 is 0 Å². The second-order valence-electron chi connectivity index (χ2n) is 4.09. The predicted octanol–water partition coefficient (Wildman–Crippen LogP) is 3.78. The van der Waals surface area contributed by atoms with Crippen molar-refractivity contribution in [3.05, 3.63) is 76.3 Å². The third-order valence-corrected chi connectivity index (χ3v) is 3.08. The highest BCUT2D eigenvalue weighted by molar-refractivity contribution is 9.10. The van der Waals surface area contributed by atoms with Crippen molar-refractivity contribution in [1.29, 1.82) is 0 Å². The maximum Gasteiger partial charge on any atom is 0.244 e. The molecule has 0 saturated heterocycles. The average Bonchev–Trinajstić information content (AvgIpc) is 2.44. The number of amides is 1. The van der Waals surface area contributed by atoms with Gasteiger partial charge in [0.15, 0.2) is 0 Å². The fourth-order valence-electron chi connectivity index (χ4n) is 1.63. The van der Waals surface area contributed by atoms with Crippen molar-refractivity contribution in [2.45, 2.75) is 6.54 Å². The van der Waals surface area contributed by atoms with Gasteiger partial charge in [0.2, 0.25) is 5.91 Å². The lowest BCUT2D eigenvalue weighted by Gasteiger charge is -2.01. The van der Waals surface area contributed by atoms with Crippen LogP contribution in [0.25, 0.3) is 6.08 Å². The number of benzene rings is 2. The second kappa shape index (κ2) is 6.90. The van der Waals surface area contributed by atoms with E-state index in [1.54, 1.807) is 12.2 Å². The van der Waals surface area contributed by atoms with Crippen molar-refractivity contribution < 1.29 is 4.79 Å². The Morgan fingerprint density at radius 2 is 1.89 bits per heavy atom. The van der Waals surface area contributed by atoms with E-state index in [2.05, 4.69) is 21.2 Å². The molecule has 0 aliphatic carbocycles. The Hall–Kier alpha value is -1.87. The van der Waals surface area contributed by atoms with Gasteiger partial charge in [0.25, 0.3) is 0 Å². The molecular formula is C16H14BrNO. The molecule has 0 heterocycles. The van der Waals surface area contributed by atoms with Crippen molar-refractivity contribution >= 4 is 27.9 Å². The van der Waals surface area contributed by atoms with Crippen LogP contribution in [0.5, 0.6) is 0 Å². The van der Waals surface area contributed by atoms with E-state index in [4.69, 9.17) is 0 Å². The molecule has 2 aromatic carbocycles. The maximum absolute atomic E-state index is 11.7. The summed E-state index contributed by atoms with van der Waals surface area (Å²) >= 11 is 3.40. The molecule has 0 aliphatic rings. The van der Waals surface area contributed by atoms with Gasteiger partial charge in [0.1, 0.15) is 0 Å². The molecule has 0 saturated carbocycles. The number of hydrogen-bond acceptors (Lipinski definition) is 1. The van der Waals surface area contributed by atoms with Crippen LogP contribution in [0.3, 0.4) is 0 Å². The zero-order chi connectivity index (χ0) is 13.5. The molecule has 3 heteroatoms. The molecule has 0 fully saturated rings. The minimum atomic E-state index is -0.0937. The Labute approximate surface area is 121 Å². The van der Waals surface area contributed by atoms with E-state index in [9.17, 15) is 4.79 Å². The first-order valence-electron chi connectivity index (χ1n) is 5.99. The first kappa shape index (κ1) is 13.6. The highest BCUT2D eigenvalue weighted by Gasteiger charge is 1.96. The summed E-state index contributed by atoms with van der Waals surface area (Å²) in [5.41, 5.74) is 2.08. The van der Waals surface area contributed by atoms with E-state index in [1.807, 2.05) is 54.6 Å². The maximum atomic E-state index is 11.7. The van der Waals surface area contributed by atoms with Crippen LogP contribution in [-0.2, 0) is 11.3 Å². The molecule has 19 heavy (non-hydrogen) atoms. The van der Waals surface area contributed by atoms with Crippen LogP contribution in [-0.4, -0.2) is 5.91 Å². The molecule has 0 bridgehead atoms. The van der Waals surface area contributed by atoms with Gasteiger partial charge in [0.05, 0.1) is 0 Å². The first-order chi connectivity index (χ1) is 9.24. The molecule has 0 radical (unpaired) electrons. The molecule has 2 rings (SSSR count). The number of nitrogens with one attached hydrogen (secondary N) is 1. The summed E-state index contributed by atoms with van der Waals surface area (Å²) in [4.78, 5) is 11.7. The van der Waals surface area contributed by atoms with Crippen LogP contribution in [0.1, 0.15) is 11.1 Å². The molecular weight excluding hydrogens is 302 g/mol. The van der Waals surface area contributed by atoms with E-state index in [0.29, 0.717) is 6.54 Å². The Morgan fingerprint density at radius 3 is 2.63 bits per heavy atom. The molecule has 0 unspecified atom stereocenters. The van der Waals surface area contributed by atoms with Gasteiger partial charge in [-0.25, -0.2) is 0 Å². The van der Waals surface area contributed by atoms with Crippen LogP contribution in [0.15, 0.2) is 65.1 Å². The summed E-state index contributed by atoms with van der Waals surface area (Å²) in [6.45, 7) is 0.544. The first-order valence-corrected chi connectivity index (χ1v) is 6.79. The molecule has 2 aromatic rings. The summed E-state index contributed by atoms with van der Waals surface area (Å²) in [6, 6.07) is 17.6. The van der Waals surface area contributed by atoms with Gasteiger partial charge in [-0.1, -0.05) is 58.4 Å². The van der Waals surface area contributed by atoms with Crippen LogP contribution in [0, 0.1) is 0 Å². The highest BCUT2D eigenvalue weighted by Crippen LogP contribution is 2.12. The smallest absolute Gasteiger partial charge is 0.244 e. The van der Waals surface area contributed by atoms with Crippen molar-refractivity contribution in [3.8, 4) is 0 Å². The number of carbonyl (C=O) groups is 1. The Morgan fingerprint density at radius 1 is 1.11 bits per heavy atom. The van der Waals surface area contributed by atoms with Crippen molar-refractivity contribution in [2.24, 2.45) is 0 Å². The largest absolute Gasteiger partial charge is 0.348 e. The number of hydrogen-bond donors (Lipinski definition) is 1. The molecule has 1 N–H and O–H groups in total. The summed E-state index contributed by atoms with van der Waals surface area (Å²) in [5, 5.41) is 2.85. The third-order valence-electron chi connectivity index (χ3n) is 2.59. The Balaban J connectivity index is 1.88. The predicted molar refractivity (Wildman–Crippen MR) is 81.5 cm³/mol. The normalized spacial score (nSPS) is 10.6. The average molecular weight is 316 g/mol. The molecule has 2 nitrogen and oxygen atoms in total. The lowest BCUT2D eigenvalue weighted by atomic mass is 10.2. The van der Waals surface area contributed by atoms with E-state index in [1.165, 1.54) is 0 Å². The molecule has 1 amide bonds. The molecule has 0 aliphatic heterocycles. The van der Waals surface area contributed by atoms with E-state index in [-0.39, 0.29) is 5.91 Å². The Bertz CT molecular complexity index is 578. The molecule has 0 atom stereocenters. The zero-order valence-electron chi connectivity index (χ0n) is 10.3. The van der Waals surface area contributed by atoms with Crippen molar-refractivity contribution in [2.75, 3.05) is 0 Å². The highest BCUT2D eigenvalue weighted by atomic mass is 79.9. The minimum Gasteiger partial charge on any atom is -0.348 e. The minimum absolute atomic E-state index is 0.0937. The summed E-state index contributed by atoms with van der Waals surface area (Å²) in [6.07, 6.45) is 3.34. The van der Waals surface area contributed by atoms with Crippen LogP contribution >= 0.6 is 15.9 Å². The lowest BCUT2D eigenvalue weighted by molar-refractivity contribution is -0.116. The summed E-state index contributed by atoms with van der Waals surface area (Å²) < 4.78 is 0.999. The van der Waals surface area contributed by atoms with Gasteiger partial charge >= 0.3 is 0 Å². The van der Waals surface area contributed by atoms with Crippen LogP contribution in [0.2, 0.25) is 0 Å². The molecule has 0 spiro atoms. The Kier molecular flexibility index (Phi) is 4.93. The summed E-state index contributed by atoms with van der Waals surface area (Å²) in [7, 11) is 0. The monoisotopic (exact) mass is 315 g/mol. The molecule has 96 valence electrons. The number of halogens is 1. The van der Waals surface area contributed by atoms with E-state index in [0.717, 1.165) is 15.6 Å². The zero-order valence-corrected chi connectivity index (χ0v) is 11.9.